The number of amides is 1. The summed E-state index contributed by atoms with van der Waals surface area (Å²) < 4.78 is 5.59. The van der Waals surface area contributed by atoms with Gasteiger partial charge in [-0.1, -0.05) is 12.8 Å². The number of carbonyl (C=O) groups is 1. The van der Waals surface area contributed by atoms with Crippen LogP contribution in [0.2, 0.25) is 0 Å². The van der Waals surface area contributed by atoms with Gasteiger partial charge in [0.2, 0.25) is 5.91 Å². The van der Waals surface area contributed by atoms with Gasteiger partial charge in [0.05, 0.1) is 12.0 Å². The molecule has 0 unspecified atom stereocenters. The average Bonchev–Trinajstić information content (AvgIpc) is 2.88. The summed E-state index contributed by atoms with van der Waals surface area (Å²) in [6, 6.07) is 0.452. The maximum absolute atomic E-state index is 12.6. The monoisotopic (exact) mass is 268 g/mol. The highest BCUT2D eigenvalue weighted by Crippen LogP contribution is 2.39. The Morgan fingerprint density at radius 2 is 2.00 bits per heavy atom. The van der Waals surface area contributed by atoms with Gasteiger partial charge in [0, 0.05) is 19.7 Å². The van der Waals surface area contributed by atoms with E-state index in [1.807, 2.05) is 0 Å². The molecule has 110 valence electrons. The van der Waals surface area contributed by atoms with Gasteiger partial charge in [-0.3, -0.25) is 4.79 Å². The molecular weight excluding hydrogens is 240 g/mol. The SMILES string of the molecule is COC1(CC(=O)N(CCCN)C2CCCC2)CCC1. The van der Waals surface area contributed by atoms with Crippen LogP contribution < -0.4 is 5.73 Å². The van der Waals surface area contributed by atoms with Crippen LogP contribution in [-0.2, 0) is 9.53 Å². The Labute approximate surface area is 116 Å². The minimum Gasteiger partial charge on any atom is -0.378 e. The summed E-state index contributed by atoms with van der Waals surface area (Å²) in [5, 5.41) is 0. The number of carbonyl (C=O) groups excluding carboxylic acids is 1. The Bertz CT molecular complexity index is 291. The summed E-state index contributed by atoms with van der Waals surface area (Å²) in [6.45, 7) is 1.48. The van der Waals surface area contributed by atoms with E-state index in [2.05, 4.69) is 4.90 Å². The standard InChI is InChI=1S/C15H28N2O2/c1-19-15(8-4-9-15)12-14(18)17(11-5-10-16)13-6-2-3-7-13/h13H,2-12,16H2,1H3. The molecule has 2 fully saturated rings. The van der Waals surface area contributed by atoms with Crippen LogP contribution in [0.4, 0.5) is 0 Å². The Hall–Kier alpha value is -0.610. The van der Waals surface area contributed by atoms with E-state index in [0.29, 0.717) is 19.0 Å². The Kier molecular flexibility index (Phi) is 5.22. The van der Waals surface area contributed by atoms with Crippen LogP contribution in [0.3, 0.4) is 0 Å². The highest BCUT2D eigenvalue weighted by atomic mass is 16.5. The molecule has 0 aromatic carbocycles. The van der Waals surface area contributed by atoms with Crippen LogP contribution in [0.25, 0.3) is 0 Å². The van der Waals surface area contributed by atoms with E-state index in [-0.39, 0.29) is 11.5 Å². The molecule has 0 atom stereocenters. The van der Waals surface area contributed by atoms with Crippen molar-refractivity contribution in [2.24, 2.45) is 5.73 Å². The van der Waals surface area contributed by atoms with E-state index in [9.17, 15) is 4.79 Å². The predicted octanol–water partition coefficient (Wildman–Crippen LogP) is 2.07. The second kappa shape index (κ2) is 6.71. The zero-order valence-electron chi connectivity index (χ0n) is 12.2. The van der Waals surface area contributed by atoms with E-state index >= 15 is 0 Å². The molecule has 2 aliphatic carbocycles. The smallest absolute Gasteiger partial charge is 0.225 e. The Morgan fingerprint density at radius 3 is 2.47 bits per heavy atom. The molecule has 1 amide bonds. The van der Waals surface area contributed by atoms with Gasteiger partial charge in [0.15, 0.2) is 0 Å². The van der Waals surface area contributed by atoms with Crippen molar-refractivity contribution in [3.8, 4) is 0 Å². The quantitative estimate of drug-likeness (QED) is 0.769. The van der Waals surface area contributed by atoms with Gasteiger partial charge in [0.25, 0.3) is 0 Å². The molecule has 4 heteroatoms. The third-order valence-electron chi connectivity index (χ3n) is 4.86. The van der Waals surface area contributed by atoms with Crippen LogP contribution in [0, 0.1) is 0 Å². The number of nitrogens with zero attached hydrogens (tertiary/aromatic N) is 1. The minimum atomic E-state index is -0.156. The minimum absolute atomic E-state index is 0.156. The van der Waals surface area contributed by atoms with Gasteiger partial charge in [-0.2, -0.15) is 0 Å². The first-order valence-corrected chi connectivity index (χ1v) is 7.75. The Morgan fingerprint density at radius 1 is 1.32 bits per heavy atom. The fraction of sp³-hybridized carbons (Fsp3) is 0.933. The summed E-state index contributed by atoms with van der Waals surface area (Å²) in [7, 11) is 1.74. The first-order valence-electron chi connectivity index (χ1n) is 7.75. The van der Waals surface area contributed by atoms with E-state index in [1.165, 1.54) is 19.3 Å². The number of nitrogens with two attached hydrogens (primary N) is 1. The zero-order valence-corrected chi connectivity index (χ0v) is 12.2. The largest absolute Gasteiger partial charge is 0.378 e. The lowest BCUT2D eigenvalue weighted by Crippen LogP contribution is -2.48. The third kappa shape index (κ3) is 3.48. The number of ether oxygens (including phenoxy) is 1. The fourth-order valence-corrected chi connectivity index (χ4v) is 3.39. The maximum Gasteiger partial charge on any atom is 0.225 e. The second-order valence-corrected chi connectivity index (χ2v) is 6.09. The molecule has 4 nitrogen and oxygen atoms in total. The number of methoxy groups -OCH3 is 1. The van der Waals surface area contributed by atoms with Gasteiger partial charge in [-0.25, -0.2) is 0 Å². The predicted molar refractivity (Wildman–Crippen MR) is 75.8 cm³/mol. The van der Waals surface area contributed by atoms with Crippen molar-refractivity contribution in [3.05, 3.63) is 0 Å². The fourth-order valence-electron chi connectivity index (χ4n) is 3.39. The molecule has 2 saturated carbocycles. The molecular formula is C15H28N2O2. The second-order valence-electron chi connectivity index (χ2n) is 6.09. The molecule has 2 aliphatic rings. The summed E-state index contributed by atoms with van der Waals surface area (Å²) in [5.74, 6) is 0.280. The van der Waals surface area contributed by atoms with Gasteiger partial charge >= 0.3 is 0 Å². The average molecular weight is 268 g/mol. The lowest BCUT2D eigenvalue weighted by atomic mass is 9.77. The maximum atomic E-state index is 12.6. The van der Waals surface area contributed by atoms with Gasteiger partial charge in [0.1, 0.15) is 0 Å². The van der Waals surface area contributed by atoms with E-state index in [0.717, 1.165) is 38.6 Å². The van der Waals surface area contributed by atoms with Crippen LogP contribution in [0.15, 0.2) is 0 Å². The topological polar surface area (TPSA) is 55.6 Å². The molecule has 2 rings (SSSR count). The van der Waals surface area contributed by atoms with E-state index in [1.54, 1.807) is 7.11 Å². The van der Waals surface area contributed by atoms with Gasteiger partial charge < -0.3 is 15.4 Å². The molecule has 0 bridgehead atoms. The molecule has 0 radical (unpaired) electrons. The van der Waals surface area contributed by atoms with Crippen molar-refractivity contribution in [2.45, 2.75) is 69.4 Å². The van der Waals surface area contributed by atoms with Crippen molar-refractivity contribution < 1.29 is 9.53 Å². The molecule has 0 aromatic rings. The molecule has 19 heavy (non-hydrogen) atoms. The molecule has 0 spiro atoms. The van der Waals surface area contributed by atoms with E-state index in [4.69, 9.17) is 10.5 Å². The van der Waals surface area contributed by atoms with Crippen molar-refractivity contribution in [2.75, 3.05) is 20.2 Å². The lowest BCUT2D eigenvalue weighted by molar-refractivity contribution is -0.146. The third-order valence-corrected chi connectivity index (χ3v) is 4.86. The van der Waals surface area contributed by atoms with Crippen molar-refractivity contribution in [1.82, 2.24) is 4.90 Å². The summed E-state index contributed by atoms with van der Waals surface area (Å²) in [4.78, 5) is 14.7. The summed E-state index contributed by atoms with van der Waals surface area (Å²) in [6.07, 6.45) is 9.56. The summed E-state index contributed by atoms with van der Waals surface area (Å²) >= 11 is 0. The van der Waals surface area contributed by atoms with Gasteiger partial charge in [-0.15, -0.1) is 0 Å². The highest BCUT2D eigenvalue weighted by Gasteiger charge is 2.41. The molecule has 0 aromatic heterocycles. The van der Waals surface area contributed by atoms with Crippen molar-refractivity contribution >= 4 is 5.91 Å². The van der Waals surface area contributed by atoms with Crippen molar-refractivity contribution in [3.63, 3.8) is 0 Å². The van der Waals surface area contributed by atoms with E-state index < -0.39 is 0 Å². The normalized spacial score (nSPS) is 22.2. The summed E-state index contributed by atoms with van der Waals surface area (Å²) in [5.41, 5.74) is 5.45. The van der Waals surface area contributed by atoms with Crippen LogP contribution in [0.1, 0.15) is 57.8 Å². The molecule has 0 aliphatic heterocycles. The highest BCUT2D eigenvalue weighted by molar-refractivity contribution is 5.78. The van der Waals surface area contributed by atoms with Gasteiger partial charge in [-0.05, 0) is 45.1 Å². The van der Waals surface area contributed by atoms with Crippen molar-refractivity contribution in [1.29, 1.82) is 0 Å². The zero-order chi connectivity index (χ0) is 13.7. The first-order chi connectivity index (χ1) is 9.21. The van der Waals surface area contributed by atoms with Crippen LogP contribution in [-0.4, -0.2) is 42.6 Å². The number of hydrogen-bond donors (Lipinski definition) is 1. The number of rotatable bonds is 7. The van der Waals surface area contributed by atoms with Crippen LogP contribution in [0.5, 0.6) is 0 Å². The van der Waals surface area contributed by atoms with Crippen LogP contribution >= 0.6 is 0 Å². The number of hydrogen-bond acceptors (Lipinski definition) is 3. The Balaban J connectivity index is 1.94. The molecule has 2 N–H and O–H groups in total. The molecule has 0 saturated heterocycles. The first kappa shape index (κ1) is 14.8. The lowest BCUT2D eigenvalue weighted by Gasteiger charge is -2.42. The molecule has 0 heterocycles.